The summed E-state index contributed by atoms with van der Waals surface area (Å²) >= 11 is 0. The van der Waals surface area contributed by atoms with Crippen LogP contribution in [0.4, 0.5) is 4.39 Å². The molecular weight excluding hydrogens is 343 g/mol. The van der Waals surface area contributed by atoms with Crippen LogP contribution in [-0.4, -0.2) is 0 Å². The van der Waals surface area contributed by atoms with Crippen LogP contribution in [0.25, 0.3) is 43.8 Å². The Labute approximate surface area is 163 Å². The molecule has 0 saturated carbocycles. The molecule has 0 saturated heterocycles. The molecule has 0 aliphatic rings. The lowest BCUT2D eigenvalue weighted by Crippen LogP contribution is -1.91. The van der Waals surface area contributed by atoms with Gasteiger partial charge in [0.25, 0.3) is 0 Å². The van der Waals surface area contributed by atoms with Gasteiger partial charge >= 0.3 is 0 Å². The summed E-state index contributed by atoms with van der Waals surface area (Å²) in [6.45, 7) is 2.13. The zero-order chi connectivity index (χ0) is 19.1. The van der Waals surface area contributed by atoms with E-state index in [1.807, 2.05) is 12.1 Å². The molecule has 5 aromatic carbocycles. The van der Waals surface area contributed by atoms with E-state index in [9.17, 15) is 4.39 Å². The van der Waals surface area contributed by atoms with Crippen LogP contribution in [0.2, 0.25) is 0 Å². The van der Waals surface area contributed by atoms with Gasteiger partial charge in [0.2, 0.25) is 0 Å². The van der Waals surface area contributed by atoms with E-state index in [0.717, 1.165) is 11.1 Å². The second kappa shape index (κ2) is 6.61. The molecule has 0 unspecified atom stereocenters. The maximum absolute atomic E-state index is 13.6. The Hall–Kier alpha value is -3.45. The fraction of sp³-hybridized carbons (Fsp3) is 0.0370. The van der Waals surface area contributed by atoms with Gasteiger partial charge in [0, 0.05) is 0 Å². The first-order chi connectivity index (χ1) is 13.7. The van der Waals surface area contributed by atoms with E-state index in [0.29, 0.717) is 0 Å². The maximum Gasteiger partial charge on any atom is 0.123 e. The molecule has 0 radical (unpaired) electrons. The third kappa shape index (κ3) is 2.68. The topological polar surface area (TPSA) is 0 Å². The predicted octanol–water partition coefficient (Wildman–Crippen LogP) is 7.77. The van der Waals surface area contributed by atoms with Gasteiger partial charge in [0.1, 0.15) is 5.82 Å². The van der Waals surface area contributed by atoms with Crippen molar-refractivity contribution in [1.29, 1.82) is 0 Å². The Morgan fingerprint density at radius 2 is 1.00 bits per heavy atom. The van der Waals surface area contributed by atoms with Crippen molar-refractivity contribution in [3.8, 4) is 22.3 Å². The zero-order valence-corrected chi connectivity index (χ0v) is 15.6. The first kappa shape index (κ1) is 16.7. The summed E-state index contributed by atoms with van der Waals surface area (Å²) in [5.74, 6) is -0.214. The minimum atomic E-state index is -0.214. The summed E-state index contributed by atoms with van der Waals surface area (Å²) in [4.78, 5) is 0. The smallest absolute Gasteiger partial charge is 0.123 e. The van der Waals surface area contributed by atoms with Crippen molar-refractivity contribution in [3.63, 3.8) is 0 Å². The molecule has 0 spiro atoms. The highest BCUT2D eigenvalue weighted by Crippen LogP contribution is 2.43. The van der Waals surface area contributed by atoms with E-state index in [1.165, 1.54) is 50.4 Å². The molecule has 134 valence electrons. The number of aryl methyl sites for hydroxylation is 1. The zero-order valence-electron chi connectivity index (χ0n) is 15.6. The van der Waals surface area contributed by atoms with Gasteiger partial charge in [0.05, 0.1) is 0 Å². The lowest BCUT2D eigenvalue weighted by molar-refractivity contribution is 0.628. The van der Waals surface area contributed by atoms with E-state index in [-0.39, 0.29) is 5.82 Å². The number of hydrogen-bond acceptors (Lipinski definition) is 0. The highest BCUT2D eigenvalue weighted by atomic mass is 19.1. The number of benzene rings is 5. The molecule has 0 amide bonds. The average molecular weight is 362 g/mol. The van der Waals surface area contributed by atoms with E-state index in [1.54, 1.807) is 0 Å². The van der Waals surface area contributed by atoms with Crippen molar-refractivity contribution in [1.82, 2.24) is 0 Å². The van der Waals surface area contributed by atoms with Crippen LogP contribution in [0.5, 0.6) is 0 Å². The van der Waals surface area contributed by atoms with Crippen LogP contribution in [0, 0.1) is 12.7 Å². The number of halogens is 1. The number of hydrogen-bond donors (Lipinski definition) is 0. The van der Waals surface area contributed by atoms with Crippen molar-refractivity contribution < 1.29 is 4.39 Å². The molecule has 0 aliphatic carbocycles. The van der Waals surface area contributed by atoms with Gasteiger partial charge in [-0.2, -0.15) is 0 Å². The standard InChI is InChI=1S/C27H19F/c1-18-7-6-8-20(17-18)27-24-11-4-2-9-22(24)26(19-13-15-21(28)16-14-19)23-10-3-5-12-25(23)27/h2-17H,1H3. The van der Waals surface area contributed by atoms with Crippen molar-refractivity contribution in [2.75, 3.05) is 0 Å². The highest BCUT2D eigenvalue weighted by molar-refractivity contribution is 6.21. The van der Waals surface area contributed by atoms with Crippen molar-refractivity contribution in [2.45, 2.75) is 6.92 Å². The molecule has 5 aromatic rings. The average Bonchev–Trinajstić information content (AvgIpc) is 2.73. The number of rotatable bonds is 2. The van der Waals surface area contributed by atoms with E-state index < -0.39 is 0 Å². The van der Waals surface area contributed by atoms with E-state index >= 15 is 0 Å². The first-order valence-corrected chi connectivity index (χ1v) is 9.49. The molecule has 0 heterocycles. The molecule has 5 rings (SSSR count). The van der Waals surface area contributed by atoms with E-state index in [4.69, 9.17) is 0 Å². The molecule has 0 aliphatic heterocycles. The number of fused-ring (bicyclic) bond motifs is 2. The molecule has 0 N–H and O–H groups in total. The van der Waals surface area contributed by atoms with Crippen LogP contribution in [0.15, 0.2) is 97.1 Å². The van der Waals surface area contributed by atoms with Gasteiger partial charge in [-0.15, -0.1) is 0 Å². The molecule has 1 heteroatoms. The quantitative estimate of drug-likeness (QED) is 0.281. The Bertz CT molecular complexity index is 1260. The van der Waals surface area contributed by atoms with Crippen LogP contribution < -0.4 is 0 Å². The normalized spacial score (nSPS) is 11.2. The molecule has 28 heavy (non-hydrogen) atoms. The maximum atomic E-state index is 13.6. The van der Waals surface area contributed by atoms with Gasteiger partial charge in [-0.25, -0.2) is 4.39 Å². The molecule has 0 aromatic heterocycles. The summed E-state index contributed by atoms with van der Waals surface area (Å²) in [5.41, 5.74) is 5.90. The van der Waals surface area contributed by atoms with Crippen LogP contribution in [0.1, 0.15) is 5.56 Å². The molecule has 0 bridgehead atoms. The summed E-state index contributed by atoms with van der Waals surface area (Å²) in [6.07, 6.45) is 0. The Balaban J connectivity index is 1.98. The third-order valence-corrected chi connectivity index (χ3v) is 5.37. The summed E-state index contributed by atoms with van der Waals surface area (Å²) < 4.78 is 13.6. The van der Waals surface area contributed by atoms with Crippen LogP contribution >= 0.6 is 0 Å². The Morgan fingerprint density at radius 1 is 0.500 bits per heavy atom. The van der Waals surface area contributed by atoms with Crippen molar-refractivity contribution >= 4 is 21.5 Å². The lowest BCUT2D eigenvalue weighted by atomic mass is 9.86. The summed E-state index contributed by atoms with van der Waals surface area (Å²) in [7, 11) is 0. The minimum absolute atomic E-state index is 0.214. The van der Waals surface area contributed by atoms with Gasteiger partial charge in [-0.05, 0) is 62.9 Å². The fourth-order valence-corrected chi connectivity index (χ4v) is 4.17. The van der Waals surface area contributed by atoms with Gasteiger partial charge in [-0.3, -0.25) is 0 Å². The molecular formula is C27H19F. The highest BCUT2D eigenvalue weighted by Gasteiger charge is 2.16. The van der Waals surface area contributed by atoms with Crippen molar-refractivity contribution in [2.24, 2.45) is 0 Å². The Morgan fingerprint density at radius 3 is 1.50 bits per heavy atom. The minimum Gasteiger partial charge on any atom is -0.207 e. The monoisotopic (exact) mass is 362 g/mol. The fourth-order valence-electron chi connectivity index (χ4n) is 4.17. The second-order valence-corrected chi connectivity index (χ2v) is 7.22. The lowest BCUT2D eigenvalue weighted by Gasteiger charge is -2.17. The van der Waals surface area contributed by atoms with Gasteiger partial charge in [0.15, 0.2) is 0 Å². The van der Waals surface area contributed by atoms with Crippen LogP contribution in [-0.2, 0) is 0 Å². The van der Waals surface area contributed by atoms with Crippen LogP contribution in [0.3, 0.4) is 0 Å². The summed E-state index contributed by atoms with van der Waals surface area (Å²) in [6, 6.07) is 32.5. The molecule has 0 atom stereocenters. The van der Waals surface area contributed by atoms with E-state index in [2.05, 4.69) is 79.7 Å². The molecule has 0 fully saturated rings. The van der Waals surface area contributed by atoms with Gasteiger partial charge in [-0.1, -0.05) is 90.5 Å². The largest absolute Gasteiger partial charge is 0.207 e. The first-order valence-electron chi connectivity index (χ1n) is 9.49. The third-order valence-electron chi connectivity index (χ3n) is 5.37. The molecule has 0 nitrogen and oxygen atoms in total. The predicted molar refractivity (Wildman–Crippen MR) is 117 cm³/mol. The van der Waals surface area contributed by atoms with Gasteiger partial charge < -0.3 is 0 Å². The SMILES string of the molecule is Cc1cccc(-c2c3ccccc3c(-c3ccc(F)cc3)c3ccccc23)c1. The van der Waals surface area contributed by atoms with Crippen molar-refractivity contribution in [3.05, 3.63) is 108 Å². The summed E-state index contributed by atoms with van der Waals surface area (Å²) in [5, 5.41) is 4.80. The second-order valence-electron chi connectivity index (χ2n) is 7.22. The Kier molecular flexibility index (Phi) is 3.95.